The molecule has 8 nitrogen and oxygen atoms in total. The van der Waals surface area contributed by atoms with Crippen molar-refractivity contribution in [2.45, 2.75) is 44.7 Å². The highest BCUT2D eigenvalue weighted by atomic mass is 32.2. The molecule has 0 amide bonds. The molecular formula is C30H31F4N5O3S. The fourth-order valence-corrected chi connectivity index (χ4v) is 6.58. The van der Waals surface area contributed by atoms with Gasteiger partial charge in [-0.25, -0.2) is 27.8 Å². The molecule has 228 valence electrons. The molecule has 0 aliphatic carbocycles. The van der Waals surface area contributed by atoms with Gasteiger partial charge in [-0.1, -0.05) is 19.1 Å². The summed E-state index contributed by atoms with van der Waals surface area (Å²) in [5.74, 6) is -1.35. The summed E-state index contributed by atoms with van der Waals surface area (Å²) in [6.07, 6.45) is -1.98. The second kappa shape index (κ2) is 12.4. The normalized spacial score (nSPS) is 17.6. The molecule has 0 spiro atoms. The van der Waals surface area contributed by atoms with E-state index in [9.17, 15) is 26.0 Å². The van der Waals surface area contributed by atoms with E-state index in [1.165, 1.54) is 12.1 Å². The highest BCUT2D eigenvalue weighted by molar-refractivity contribution is 7.90. The van der Waals surface area contributed by atoms with Crippen molar-refractivity contribution >= 4 is 26.6 Å². The lowest BCUT2D eigenvalue weighted by Gasteiger charge is -2.28. The van der Waals surface area contributed by atoms with Crippen molar-refractivity contribution < 1.29 is 30.7 Å². The zero-order valence-corrected chi connectivity index (χ0v) is 24.4. The molecule has 13 heteroatoms. The Morgan fingerprint density at radius 1 is 1.05 bits per heavy atom. The fourth-order valence-electron chi connectivity index (χ4n) is 5.16. The number of ether oxygens (including phenoxy) is 1. The third-order valence-electron chi connectivity index (χ3n) is 7.27. The van der Waals surface area contributed by atoms with Crippen LogP contribution in [0.2, 0.25) is 0 Å². The van der Waals surface area contributed by atoms with Crippen molar-refractivity contribution in [1.29, 1.82) is 0 Å². The van der Waals surface area contributed by atoms with Gasteiger partial charge in [-0.3, -0.25) is 0 Å². The molecule has 2 N–H and O–H groups in total. The third kappa shape index (κ3) is 7.57. The van der Waals surface area contributed by atoms with E-state index in [0.717, 1.165) is 25.6 Å². The molecule has 2 atom stereocenters. The number of aryl methyl sites for hydroxylation is 1. The monoisotopic (exact) mass is 617 g/mol. The predicted molar refractivity (Wildman–Crippen MR) is 156 cm³/mol. The molecule has 2 aromatic carbocycles. The number of nitrogens with zero attached hydrogens (tertiary/aromatic N) is 3. The van der Waals surface area contributed by atoms with Crippen molar-refractivity contribution in [3.05, 3.63) is 71.8 Å². The number of fused-ring (bicyclic) bond motifs is 1. The van der Waals surface area contributed by atoms with Crippen LogP contribution in [0, 0.1) is 18.7 Å². The number of halogens is 4. The van der Waals surface area contributed by atoms with Crippen LogP contribution in [0.3, 0.4) is 0 Å². The minimum absolute atomic E-state index is 0.175. The van der Waals surface area contributed by atoms with Crippen molar-refractivity contribution in [2.24, 2.45) is 5.92 Å². The van der Waals surface area contributed by atoms with Gasteiger partial charge in [-0.15, -0.1) is 0 Å². The predicted octanol–water partition coefficient (Wildman–Crippen LogP) is 6.21. The Labute approximate surface area is 246 Å². The largest absolute Gasteiger partial charge is 0.437 e. The van der Waals surface area contributed by atoms with Crippen molar-refractivity contribution in [3.8, 4) is 22.9 Å². The van der Waals surface area contributed by atoms with Crippen molar-refractivity contribution in [1.82, 2.24) is 20.3 Å². The minimum atomic E-state index is -4.64. The number of aromatic nitrogens is 3. The van der Waals surface area contributed by atoms with E-state index in [4.69, 9.17) is 4.74 Å². The Hall–Kier alpha value is -3.84. The van der Waals surface area contributed by atoms with Crippen LogP contribution in [-0.4, -0.2) is 54.4 Å². The first-order valence-electron chi connectivity index (χ1n) is 13.8. The summed E-state index contributed by atoms with van der Waals surface area (Å²) < 4.78 is 84.3. The number of sulfone groups is 1. The number of nitrogens with one attached hydrogen (secondary N) is 2. The van der Waals surface area contributed by atoms with Gasteiger partial charge in [0, 0.05) is 35.9 Å². The van der Waals surface area contributed by atoms with Gasteiger partial charge in [0.05, 0.1) is 29.2 Å². The van der Waals surface area contributed by atoms with Gasteiger partial charge < -0.3 is 15.4 Å². The van der Waals surface area contributed by atoms with Crippen LogP contribution in [-0.2, 0) is 15.6 Å². The van der Waals surface area contributed by atoms with E-state index in [1.54, 1.807) is 43.6 Å². The minimum Gasteiger partial charge on any atom is -0.437 e. The van der Waals surface area contributed by atoms with Gasteiger partial charge in [-0.2, -0.15) is 13.2 Å². The van der Waals surface area contributed by atoms with E-state index in [1.807, 2.05) is 0 Å². The summed E-state index contributed by atoms with van der Waals surface area (Å²) in [5, 5.41) is 7.38. The van der Waals surface area contributed by atoms with Crippen molar-refractivity contribution in [2.75, 3.05) is 24.2 Å². The Morgan fingerprint density at radius 3 is 2.60 bits per heavy atom. The van der Waals surface area contributed by atoms with Crippen LogP contribution in [0.1, 0.15) is 30.9 Å². The van der Waals surface area contributed by atoms with Gasteiger partial charge in [0.1, 0.15) is 11.6 Å². The second-order valence-corrected chi connectivity index (χ2v) is 13.0. The summed E-state index contributed by atoms with van der Waals surface area (Å²) >= 11 is 0. The van der Waals surface area contributed by atoms with Crippen LogP contribution in [0.4, 0.5) is 23.5 Å². The number of alkyl halides is 3. The summed E-state index contributed by atoms with van der Waals surface area (Å²) in [5.41, 5.74) is 1.56. The van der Waals surface area contributed by atoms with E-state index in [2.05, 4.69) is 32.5 Å². The van der Waals surface area contributed by atoms with E-state index < -0.39 is 39.8 Å². The highest BCUT2D eigenvalue weighted by Crippen LogP contribution is 2.38. The molecule has 1 fully saturated rings. The lowest BCUT2D eigenvalue weighted by molar-refractivity contribution is -0.129. The molecule has 0 saturated carbocycles. The standard InChI is InChI=1S/C30H31F4N5O3S/c1-18-14-20(16-35-15-18)38-29-37-12-9-26(39-29)23-4-3-11-36-28(23)42-27-19(2)5-6-21-22(27)7-8-25(31)24(21)17-43(40,41)13-10-30(32,33)34/h3-9,11-12,18,20,35H,10,13-17H2,1-2H3,(H,37,38,39)/t18-,20+/m1/s1. The molecule has 0 unspecified atom stereocenters. The summed E-state index contributed by atoms with van der Waals surface area (Å²) in [4.78, 5) is 13.5. The average Bonchev–Trinajstić information content (AvgIpc) is 2.95. The Bertz CT molecular complexity index is 1730. The van der Waals surface area contributed by atoms with E-state index in [-0.39, 0.29) is 22.9 Å². The van der Waals surface area contributed by atoms with Crippen LogP contribution in [0.15, 0.2) is 54.9 Å². The molecule has 0 bridgehead atoms. The highest BCUT2D eigenvalue weighted by Gasteiger charge is 2.31. The number of anilines is 1. The summed E-state index contributed by atoms with van der Waals surface area (Å²) in [7, 11) is -4.26. The number of hydrogen-bond donors (Lipinski definition) is 2. The summed E-state index contributed by atoms with van der Waals surface area (Å²) in [6, 6.07) is 11.1. The zero-order valence-electron chi connectivity index (χ0n) is 23.6. The number of rotatable bonds is 9. The fraction of sp³-hybridized carbons (Fsp3) is 0.367. The van der Waals surface area contributed by atoms with Gasteiger partial charge in [0.2, 0.25) is 11.8 Å². The maximum Gasteiger partial charge on any atom is 0.390 e. The molecule has 1 aliphatic heterocycles. The van der Waals surface area contributed by atoms with Gasteiger partial charge in [-0.05, 0) is 67.1 Å². The van der Waals surface area contributed by atoms with Crippen LogP contribution in [0.25, 0.3) is 22.0 Å². The molecule has 5 rings (SSSR count). The van der Waals surface area contributed by atoms with Gasteiger partial charge >= 0.3 is 6.18 Å². The second-order valence-electron chi connectivity index (χ2n) is 10.9. The van der Waals surface area contributed by atoms with Crippen LogP contribution < -0.4 is 15.4 Å². The molecule has 4 aromatic rings. The summed E-state index contributed by atoms with van der Waals surface area (Å²) in [6.45, 7) is 5.71. The van der Waals surface area contributed by atoms with Crippen molar-refractivity contribution in [3.63, 3.8) is 0 Å². The molecule has 2 aromatic heterocycles. The third-order valence-corrected chi connectivity index (χ3v) is 8.82. The molecule has 1 saturated heterocycles. The molecule has 0 radical (unpaired) electrons. The van der Waals surface area contributed by atoms with E-state index in [0.29, 0.717) is 39.8 Å². The first-order chi connectivity index (χ1) is 20.4. The number of hydrogen-bond acceptors (Lipinski definition) is 8. The molecule has 1 aliphatic rings. The number of benzene rings is 2. The van der Waals surface area contributed by atoms with E-state index >= 15 is 0 Å². The number of pyridine rings is 1. The molecule has 3 heterocycles. The smallest absolute Gasteiger partial charge is 0.390 e. The van der Waals surface area contributed by atoms with Crippen LogP contribution in [0.5, 0.6) is 11.6 Å². The zero-order chi connectivity index (χ0) is 30.8. The first kappa shape index (κ1) is 30.6. The maximum absolute atomic E-state index is 14.9. The lowest BCUT2D eigenvalue weighted by atomic mass is 9.98. The first-order valence-corrected chi connectivity index (χ1v) is 15.6. The Balaban J connectivity index is 1.47. The van der Waals surface area contributed by atoms with Gasteiger partial charge in [0.15, 0.2) is 9.84 Å². The number of piperidine rings is 1. The van der Waals surface area contributed by atoms with Crippen LogP contribution >= 0.6 is 0 Å². The topological polar surface area (TPSA) is 106 Å². The quantitative estimate of drug-likeness (QED) is 0.214. The lowest BCUT2D eigenvalue weighted by Crippen LogP contribution is -2.42. The Kier molecular flexibility index (Phi) is 8.84. The maximum atomic E-state index is 14.9. The Morgan fingerprint density at radius 2 is 1.84 bits per heavy atom. The SMILES string of the molecule is Cc1ccc2c(CS(=O)(=O)CCC(F)(F)F)c(F)ccc2c1Oc1ncccc1-c1ccnc(N[C@@H]2CNC[C@H](C)C2)n1. The average molecular weight is 618 g/mol. The molecule has 43 heavy (non-hydrogen) atoms. The van der Waals surface area contributed by atoms with Gasteiger partial charge in [0.25, 0.3) is 0 Å². The molecular weight excluding hydrogens is 586 g/mol.